The molecule has 2 aliphatic rings. The molecule has 8 heteroatoms. The number of fused-ring (bicyclic) bond motifs is 2. The van der Waals surface area contributed by atoms with Gasteiger partial charge in [0.15, 0.2) is 11.5 Å². The zero-order valence-electron chi connectivity index (χ0n) is 13.9. The molecule has 0 atom stereocenters. The van der Waals surface area contributed by atoms with Crippen LogP contribution in [-0.4, -0.2) is 33.9 Å². The zero-order valence-corrected chi connectivity index (χ0v) is 14.7. The summed E-state index contributed by atoms with van der Waals surface area (Å²) in [5.41, 5.74) is 3.56. The van der Waals surface area contributed by atoms with Crippen LogP contribution in [0.25, 0.3) is 16.6 Å². The van der Waals surface area contributed by atoms with Crippen LogP contribution in [0.1, 0.15) is 11.1 Å². The van der Waals surface area contributed by atoms with E-state index in [0.29, 0.717) is 35.8 Å². The third-order valence-corrected chi connectivity index (χ3v) is 5.02. The minimum Gasteiger partial charge on any atom is -0.486 e. The van der Waals surface area contributed by atoms with E-state index < -0.39 is 11.9 Å². The Balaban J connectivity index is 1.57. The van der Waals surface area contributed by atoms with Gasteiger partial charge in [-0.1, -0.05) is 12.1 Å². The standard InChI is InChI=1S/C19H12N2O5S/c22-18-12(7-10-1-3-13-14(8-10)21-27-20-13)17(19(23)26-18)11-2-4-15-16(9-11)25-6-5-24-15/h1-4,8-9H,5-7H2. The molecule has 2 aromatic carbocycles. The summed E-state index contributed by atoms with van der Waals surface area (Å²) in [6, 6.07) is 10.8. The van der Waals surface area contributed by atoms with Crippen molar-refractivity contribution in [3.63, 3.8) is 0 Å². The molecule has 0 radical (unpaired) electrons. The molecule has 2 aliphatic heterocycles. The quantitative estimate of drug-likeness (QED) is 0.510. The second kappa shape index (κ2) is 6.17. The Morgan fingerprint density at radius 3 is 2.59 bits per heavy atom. The molecule has 3 aromatic rings. The van der Waals surface area contributed by atoms with Crippen molar-refractivity contribution in [1.29, 1.82) is 0 Å². The average molecular weight is 380 g/mol. The topological polar surface area (TPSA) is 87.6 Å². The van der Waals surface area contributed by atoms with Crippen molar-refractivity contribution < 1.29 is 23.8 Å². The summed E-state index contributed by atoms with van der Waals surface area (Å²) >= 11 is 1.13. The maximum Gasteiger partial charge on any atom is 0.347 e. The van der Waals surface area contributed by atoms with Crippen molar-refractivity contribution in [2.24, 2.45) is 0 Å². The fourth-order valence-corrected chi connectivity index (χ4v) is 3.73. The first kappa shape index (κ1) is 16.0. The van der Waals surface area contributed by atoms with Gasteiger partial charge in [0, 0.05) is 6.42 Å². The molecule has 0 spiro atoms. The first-order valence-electron chi connectivity index (χ1n) is 8.30. The van der Waals surface area contributed by atoms with Gasteiger partial charge in [0.05, 0.1) is 22.9 Å². The van der Waals surface area contributed by atoms with E-state index in [2.05, 4.69) is 8.75 Å². The van der Waals surface area contributed by atoms with Crippen molar-refractivity contribution in [2.75, 3.05) is 13.2 Å². The summed E-state index contributed by atoms with van der Waals surface area (Å²) in [5.74, 6) is -0.108. The maximum atomic E-state index is 12.3. The van der Waals surface area contributed by atoms with Crippen LogP contribution in [-0.2, 0) is 20.7 Å². The molecule has 0 fully saturated rings. The van der Waals surface area contributed by atoms with Gasteiger partial charge < -0.3 is 14.2 Å². The molecule has 27 heavy (non-hydrogen) atoms. The number of esters is 2. The second-order valence-electron chi connectivity index (χ2n) is 6.15. The predicted octanol–water partition coefficient (Wildman–Crippen LogP) is 2.54. The van der Waals surface area contributed by atoms with E-state index in [4.69, 9.17) is 14.2 Å². The highest BCUT2D eigenvalue weighted by molar-refractivity contribution is 7.00. The van der Waals surface area contributed by atoms with Crippen LogP contribution in [0.15, 0.2) is 42.0 Å². The molecule has 0 unspecified atom stereocenters. The number of ether oxygens (including phenoxy) is 3. The lowest BCUT2D eigenvalue weighted by Crippen LogP contribution is -2.15. The van der Waals surface area contributed by atoms with E-state index in [1.165, 1.54) is 0 Å². The Morgan fingerprint density at radius 2 is 1.70 bits per heavy atom. The number of carbonyl (C=O) groups is 2. The molecule has 0 saturated heterocycles. The fraction of sp³-hybridized carbons (Fsp3) is 0.158. The highest BCUT2D eigenvalue weighted by atomic mass is 32.1. The van der Waals surface area contributed by atoms with Crippen molar-refractivity contribution in [1.82, 2.24) is 8.75 Å². The summed E-state index contributed by atoms with van der Waals surface area (Å²) in [6.45, 7) is 0.919. The zero-order chi connectivity index (χ0) is 18.4. The van der Waals surface area contributed by atoms with Crippen LogP contribution in [0.5, 0.6) is 11.5 Å². The van der Waals surface area contributed by atoms with Gasteiger partial charge in [0.25, 0.3) is 0 Å². The third-order valence-electron chi connectivity index (χ3n) is 4.47. The Hall–Kier alpha value is -3.26. The van der Waals surface area contributed by atoms with E-state index in [1.54, 1.807) is 18.2 Å². The molecule has 0 saturated carbocycles. The van der Waals surface area contributed by atoms with Crippen molar-refractivity contribution in [2.45, 2.75) is 6.42 Å². The highest BCUT2D eigenvalue weighted by Crippen LogP contribution is 2.36. The van der Waals surface area contributed by atoms with Crippen LogP contribution in [0.2, 0.25) is 0 Å². The van der Waals surface area contributed by atoms with Crippen LogP contribution in [0.4, 0.5) is 0 Å². The number of nitrogens with zero attached hydrogens (tertiary/aromatic N) is 2. The molecule has 7 nitrogen and oxygen atoms in total. The monoisotopic (exact) mass is 380 g/mol. The molecule has 0 amide bonds. The molecule has 3 heterocycles. The minimum atomic E-state index is -0.650. The van der Waals surface area contributed by atoms with Crippen molar-refractivity contribution in [3.8, 4) is 11.5 Å². The fourth-order valence-electron chi connectivity index (χ4n) is 3.22. The Labute approximate surface area is 157 Å². The number of hydrogen-bond donors (Lipinski definition) is 0. The van der Waals surface area contributed by atoms with Crippen LogP contribution < -0.4 is 9.47 Å². The third kappa shape index (κ3) is 2.74. The maximum absolute atomic E-state index is 12.3. The Bertz CT molecular complexity index is 1130. The normalized spacial score (nSPS) is 16.1. The van der Waals surface area contributed by atoms with Crippen molar-refractivity contribution in [3.05, 3.63) is 53.1 Å². The largest absolute Gasteiger partial charge is 0.486 e. The Kier molecular flexibility index (Phi) is 3.64. The minimum absolute atomic E-state index is 0.258. The van der Waals surface area contributed by atoms with Gasteiger partial charge in [-0.2, -0.15) is 8.75 Å². The van der Waals surface area contributed by atoms with Crippen molar-refractivity contribution >= 4 is 40.3 Å². The van der Waals surface area contributed by atoms with Crippen LogP contribution in [0, 0.1) is 0 Å². The van der Waals surface area contributed by atoms with Gasteiger partial charge in [-0.15, -0.1) is 0 Å². The first-order valence-corrected chi connectivity index (χ1v) is 9.03. The SMILES string of the molecule is O=C1OC(=O)C(c2ccc3c(c2)OCCO3)=C1Cc1ccc2nsnc2c1. The van der Waals surface area contributed by atoms with E-state index in [-0.39, 0.29) is 12.0 Å². The van der Waals surface area contributed by atoms with E-state index >= 15 is 0 Å². The molecule has 1 aromatic heterocycles. The average Bonchev–Trinajstić information content (AvgIpc) is 3.25. The second-order valence-corrected chi connectivity index (χ2v) is 6.68. The van der Waals surface area contributed by atoms with Gasteiger partial charge in [0.1, 0.15) is 24.2 Å². The van der Waals surface area contributed by atoms with Gasteiger partial charge >= 0.3 is 11.9 Å². The molecule has 0 bridgehead atoms. The molecule has 5 rings (SSSR count). The predicted molar refractivity (Wildman–Crippen MR) is 96.6 cm³/mol. The van der Waals surface area contributed by atoms with Gasteiger partial charge in [0.2, 0.25) is 0 Å². The first-order chi connectivity index (χ1) is 13.2. The molecule has 0 aliphatic carbocycles. The van der Waals surface area contributed by atoms with Crippen LogP contribution in [0.3, 0.4) is 0 Å². The summed E-state index contributed by atoms with van der Waals surface area (Å²) in [4.78, 5) is 24.6. The summed E-state index contributed by atoms with van der Waals surface area (Å²) < 4.78 is 24.4. The lowest BCUT2D eigenvalue weighted by Gasteiger charge is -2.18. The van der Waals surface area contributed by atoms with E-state index in [1.807, 2.05) is 18.2 Å². The summed E-state index contributed by atoms with van der Waals surface area (Å²) in [5, 5.41) is 0. The van der Waals surface area contributed by atoms with Gasteiger partial charge in [-0.25, -0.2) is 9.59 Å². The molecule has 134 valence electrons. The summed E-state index contributed by atoms with van der Waals surface area (Å²) in [7, 11) is 0. The van der Waals surface area contributed by atoms with Gasteiger partial charge in [-0.3, -0.25) is 0 Å². The number of carbonyl (C=O) groups excluding carboxylic acids is 2. The number of rotatable bonds is 3. The smallest absolute Gasteiger partial charge is 0.347 e. The van der Waals surface area contributed by atoms with E-state index in [0.717, 1.165) is 28.3 Å². The number of hydrogen-bond acceptors (Lipinski definition) is 8. The van der Waals surface area contributed by atoms with Crippen LogP contribution >= 0.6 is 11.7 Å². The lowest BCUT2D eigenvalue weighted by molar-refractivity contribution is -0.150. The number of aromatic nitrogens is 2. The lowest BCUT2D eigenvalue weighted by atomic mass is 9.96. The van der Waals surface area contributed by atoms with E-state index in [9.17, 15) is 9.59 Å². The number of cyclic esters (lactones) is 2. The molecular formula is C19H12N2O5S. The highest BCUT2D eigenvalue weighted by Gasteiger charge is 2.34. The summed E-state index contributed by atoms with van der Waals surface area (Å²) in [6.07, 6.45) is 0.266. The van der Waals surface area contributed by atoms with Gasteiger partial charge in [-0.05, 0) is 35.4 Å². The number of benzene rings is 2. The Morgan fingerprint density at radius 1 is 0.889 bits per heavy atom. The molecular weight excluding hydrogens is 368 g/mol. The molecule has 0 N–H and O–H groups in total.